The summed E-state index contributed by atoms with van der Waals surface area (Å²) in [5, 5.41) is 3.92. The van der Waals surface area contributed by atoms with Crippen molar-refractivity contribution < 1.29 is 22.4 Å². The van der Waals surface area contributed by atoms with Crippen LogP contribution in [0.3, 0.4) is 0 Å². The molecule has 0 bridgehead atoms. The van der Waals surface area contributed by atoms with Crippen LogP contribution in [0, 0.1) is 11.6 Å². The van der Waals surface area contributed by atoms with E-state index in [9.17, 15) is 13.6 Å². The molecule has 1 aromatic heterocycles. The van der Waals surface area contributed by atoms with Gasteiger partial charge in [0.2, 0.25) is 0 Å². The van der Waals surface area contributed by atoms with E-state index in [2.05, 4.69) is 10.1 Å². The third-order valence-electron chi connectivity index (χ3n) is 4.02. The molecule has 1 unspecified atom stereocenters. The van der Waals surface area contributed by atoms with E-state index >= 15 is 8.78 Å². The smallest absolute Gasteiger partial charge is 0.298 e. The van der Waals surface area contributed by atoms with Gasteiger partial charge in [-0.2, -0.15) is 13.9 Å². The number of hydrazone groups is 1. The second kappa shape index (κ2) is 9.28. The van der Waals surface area contributed by atoms with Gasteiger partial charge in [-0.25, -0.2) is 14.6 Å². The fourth-order valence-electron chi connectivity index (χ4n) is 2.63. The Bertz CT molecular complexity index is 915. The Morgan fingerprint density at radius 2 is 2.03 bits per heavy atom. The molecular formula is C19H19F4N5O. The average molecular weight is 409 g/mol. The van der Waals surface area contributed by atoms with E-state index in [-0.39, 0.29) is 5.78 Å². The summed E-state index contributed by atoms with van der Waals surface area (Å²) in [5.41, 5.74) is -0.663. The first-order chi connectivity index (χ1) is 13.6. The zero-order valence-corrected chi connectivity index (χ0v) is 15.4. The predicted molar refractivity (Wildman–Crippen MR) is 101 cm³/mol. The third-order valence-corrected chi connectivity index (χ3v) is 4.02. The minimum Gasteiger partial charge on any atom is -0.322 e. The van der Waals surface area contributed by atoms with Crippen molar-refractivity contribution in [2.24, 2.45) is 16.8 Å². The Morgan fingerprint density at radius 3 is 2.59 bits per heavy atom. The van der Waals surface area contributed by atoms with Gasteiger partial charge < -0.3 is 5.84 Å². The molecule has 29 heavy (non-hydrogen) atoms. The first kappa shape index (κ1) is 22.0. The number of carbonyl (C=O) groups is 1. The highest BCUT2D eigenvalue weighted by atomic mass is 19.3. The van der Waals surface area contributed by atoms with Crippen LogP contribution in [0.5, 0.6) is 0 Å². The number of ketones is 1. The first-order valence-electron chi connectivity index (χ1n) is 8.37. The molecular weight excluding hydrogens is 390 g/mol. The summed E-state index contributed by atoms with van der Waals surface area (Å²) in [6.07, 6.45) is 4.74. The maximum atomic E-state index is 15.3. The Balaban J connectivity index is 2.45. The van der Waals surface area contributed by atoms with E-state index in [1.54, 1.807) is 0 Å². The molecule has 4 N–H and O–H groups in total. The fourth-order valence-corrected chi connectivity index (χ4v) is 2.63. The summed E-state index contributed by atoms with van der Waals surface area (Å²) in [7, 11) is 0. The van der Waals surface area contributed by atoms with E-state index < -0.39 is 41.3 Å². The fraction of sp³-hybridized carbons (Fsp3) is 0.211. The molecule has 0 aliphatic carbocycles. The SMILES string of the molecule is CC(=O)/C=C/c1ccc(C(F)(F)C(CN(N)/C=N\N)c2ccc(F)cc2F)nc1. The quantitative estimate of drug-likeness (QED) is 0.175. The number of aromatic nitrogens is 1. The molecule has 1 atom stereocenters. The largest absolute Gasteiger partial charge is 0.322 e. The van der Waals surface area contributed by atoms with Crippen molar-refractivity contribution in [2.75, 3.05) is 6.54 Å². The van der Waals surface area contributed by atoms with Crippen LogP contribution in [0.15, 0.2) is 47.7 Å². The van der Waals surface area contributed by atoms with Gasteiger partial charge in [0.1, 0.15) is 23.7 Å². The Morgan fingerprint density at radius 1 is 1.31 bits per heavy atom. The number of allylic oxidation sites excluding steroid dienone is 1. The lowest BCUT2D eigenvalue weighted by Crippen LogP contribution is -2.40. The Hall–Kier alpha value is -3.27. The number of nitrogens with zero attached hydrogens (tertiary/aromatic N) is 3. The molecule has 2 rings (SSSR count). The molecule has 10 heteroatoms. The minimum atomic E-state index is -3.68. The van der Waals surface area contributed by atoms with Crippen molar-refractivity contribution in [2.45, 2.75) is 18.8 Å². The number of halogens is 4. The molecule has 0 aliphatic rings. The van der Waals surface area contributed by atoms with Crippen LogP contribution >= 0.6 is 0 Å². The highest BCUT2D eigenvalue weighted by Gasteiger charge is 2.45. The lowest BCUT2D eigenvalue weighted by atomic mass is 9.89. The first-order valence-corrected chi connectivity index (χ1v) is 8.37. The third kappa shape index (κ3) is 5.61. The van der Waals surface area contributed by atoms with Gasteiger partial charge in [0.15, 0.2) is 5.78 Å². The number of pyridine rings is 1. The Labute approximate surface area is 164 Å². The molecule has 0 amide bonds. The van der Waals surface area contributed by atoms with Crippen LogP contribution < -0.4 is 11.7 Å². The van der Waals surface area contributed by atoms with Crippen LogP contribution in [0.4, 0.5) is 17.6 Å². The molecule has 2 aromatic rings. The molecule has 6 nitrogen and oxygen atoms in total. The number of carbonyl (C=O) groups excluding carboxylic acids is 1. The van der Waals surface area contributed by atoms with E-state index in [1.165, 1.54) is 25.1 Å². The standard InChI is InChI=1S/C19H19F4N5O/c1-12(29)2-3-13-4-7-18(26-9-13)19(22,23)16(10-28(25)11-27-24)15-6-5-14(20)8-17(15)21/h2-9,11,16H,10,24-25H2,1H3/b3-2+,27-11-. The summed E-state index contributed by atoms with van der Waals surface area (Å²) in [5.74, 6) is 2.80. The van der Waals surface area contributed by atoms with Gasteiger partial charge in [0, 0.05) is 18.8 Å². The van der Waals surface area contributed by atoms with Crippen LogP contribution in [-0.4, -0.2) is 28.7 Å². The molecule has 0 radical (unpaired) electrons. The Kier molecular flexibility index (Phi) is 7.05. The summed E-state index contributed by atoms with van der Waals surface area (Å²) in [4.78, 5) is 14.7. The normalized spacial score (nSPS) is 13.2. The van der Waals surface area contributed by atoms with Crippen LogP contribution in [-0.2, 0) is 10.7 Å². The number of benzene rings is 1. The van der Waals surface area contributed by atoms with E-state index in [1.807, 2.05) is 0 Å². The van der Waals surface area contributed by atoms with Crippen molar-refractivity contribution in [3.63, 3.8) is 0 Å². The number of nitrogens with two attached hydrogens (primary N) is 2. The number of hydrazine groups is 1. The van der Waals surface area contributed by atoms with E-state index in [0.29, 0.717) is 11.6 Å². The van der Waals surface area contributed by atoms with Crippen molar-refractivity contribution in [3.05, 3.63) is 71.1 Å². The van der Waals surface area contributed by atoms with Crippen molar-refractivity contribution in [1.82, 2.24) is 9.99 Å². The lowest BCUT2D eigenvalue weighted by molar-refractivity contribution is -0.112. The second-order valence-electron chi connectivity index (χ2n) is 6.22. The highest BCUT2D eigenvalue weighted by molar-refractivity contribution is 5.91. The number of alkyl halides is 2. The summed E-state index contributed by atoms with van der Waals surface area (Å²) < 4.78 is 58.1. The number of rotatable bonds is 8. The molecule has 0 saturated carbocycles. The van der Waals surface area contributed by atoms with Gasteiger partial charge in [0.05, 0.1) is 5.92 Å². The lowest BCUT2D eigenvalue weighted by Gasteiger charge is -2.29. The minimum absolute atomic E-state index is 0.212. The summed E-state index contributed by atoms with van der Waals surface area (Å²) >= 11 is 0. The molecule has 0 aliphatic heterocycles. The second-order valence-corrected chi connectivity index (χ2v) is 6.22. The zero-order valence-electron chi connectivity index (χ0n) is 15.4. The van der Waals surface area contributed by atoms with Gasteiger partial charge >= 0.3 is 0 Å². The number of hydrogen-bond donors (Lipinski definition) is 2. The van der Waals surface area contributed by atoms with Crippen LogP contribution in [0.2, 0.25) is 0 Å². The van der Waals surface area contributed by atoms with Gasteiger partial charge in [-0.3, -0.25) is 14.8 Å². The van der Waals surface area contributed by atoms with Crippen molar-refractivity contribution in [3.8, 4) is 0 Å². The molecule has 0 spiro atoms. The van der Waals surface area contributed by atoms with Crippen molar-refractivity contribution in [1.29, 1.82) is 0 Å². The molecule has 0 fully saturated rings. The zero-order chi connectivity index (χ0) is 21.6. The monoisotopic (exact) mass is 409 g/mol. The topological polar surface area (TPSA) is 97.6 Å². The number of hydrogen-bond acceptors (Lipinski definition) is 5. The maximum Gasteiger partial charge on any atom is 0.298 e. The molecule has 154 valence electrons. The predicted octanol–water partition coefficient (Wildman–Crippen LogP) is 2.92. The molecule has 0 saturated heterocycles. The van der Waals surface area contributed by atoms with Gasteiger partial charge in [0.25, 0.3) is 5.92 Å². The van der Waals surface area contributed by atoms with Gasteiger partial charge in [-0.15, -0.1) is 0 Å². The maximum absolute atomic E-state index is 15.3. The average Bonchev–Trinajstić information content (AvgIpc) is 2.65. The van der Waals surface area contributed by atoms with Gasteiger partial charge in [-0.1, -0.05) is 12.1 Å². The van der Waals surface area contributed by atoms with Crippen molar-refractivity contribution >= 4 is 18.2 Å². The molecule has 1 aromatic carbocycles. The van der Waals surface area contributed by atoms with E-state index in [4.69, 9.17) is 11.7 Å². The highest BCUT2D eigenvalue weighted by Crippen LogP contribution is 2.42. The van der Waals surface area contributed by atoms with E-state index in [0.717, 1.165) is 35.7 Å². The van der Waals surface area contributed by atoms with Crippen LogP contribution in [0.1, 0.15) is 29.7 Å². The van der Waals surface area contributed by atoms with Gasteiger partial charge in [-0.05, 0) is 42.3 Å². The van der Waals surface area contributed by atoms with Crippen LogP contribution in [0.25, 0.3) is 6.08 Å². The molecule has 1 heterocycles. The summed E-state index contributed by atoms with van der Waals surface area (Å²) in [6, 6.07) is 4.73. The summed E-state index contributed by atoms with van der Waals surface area (Å²) in [6.45, 7) is 0.765.